The van der Waals surface area contributed by atoms with Crippen molar-refractivity contribution in [1.29, 1.82) is 0 Å². The van der Waals surface area contributed by atoms with Gasteiger partial charge in [0.2, 0.25) is 0 Å². The lowest BCUT2D eigenvalue weighted by atomic mass is 9.98. The topological polar surface area (TPSA) is 45.6 Å². The number of methoxy groups -OCH3 is 1. The van der Waals surface area contributed by atoms with Crippen LogP contribution in [0.4, 0.5) is 0 Å². The maximum absolute atomic E-state index is 10.7. The molecule has 0 spiro atoms. The Labute approximate surface area is 141 Å². The van der Waals surface area contributed by atoms with Gasteiger partial charge in [0.15, 0.2) is 0 Å². The van der Waals surface area contributed by atoms with E-state index in [1.807, 2.05) is 30.5 Å². The van der Waals surface area contributed by atoms with Gasteiger partial charge in [-0.25, -0.2) is 0 Å². The second kappa shape index (κ2) is 6.87. The summed E-state index contributed by atoms with van der Waals surface area (Å²) >= 11 is 6.61. The first kappa shape index (κ1) is 16.2. The first-order chi connectivity index (χ1) is 11.1. The average molecular weight is 333 g/mol. The number of aliphatic hydroxyl groups is 1. The van der Waals surface area contributed by atoms with Crippen LogP contribution in [0.25, 0.3) is 0 Å². The van der Waals surface area contributed by atoms with E-state index in [1.165, 1.54) is 0 Å². The van der Waals surface area contributed by atoms with Crippen molar-refractivity contribution >= 4 is 11.6 Å². The number of ether oxygens (including phenoxy) is 1. The highest BCUT2D eigenvalue weighted by Crippen LogP contribution is 2.38. The van der Waals surface area contributed by atoms with Crippen LogP contribution in [0.1, 0.15) is 41.7 Å². The van der Waals surface area contributed by atoms with Crippen molar-refractivity contribution in [2.24, 2.45) is 0 Å². The fraction of sp³-hybridized carbons (Fsp3) is 0.389. The van der Waals surface area contributed by atoms with Crippen molar-refractivity contribution in [3.05, 3.63) is 58.4 Å². The third-order valence-electron chi connectivity index (χ3n) is 4.54. The van der Waals surface area contributed by atoms with Gasteiger partial charge in [-0.3, -0.25) is 9.88 Å². The minimum absolute atomic E-state index is 0.276. The van der Waals surface area contributed by atoms with Gasteiger partial charge in [0.25, 0.3) is 0 Å². The minimum Gasteiger partial charge on any atom is -0.497 e. The molecule has 1 saturated heterocycles. The predicted octanol–water partition coefficient (Wildman–Crippen LogP) is 3.59. The van der Waals surface area contributed by atoms with Gasteiger partial charge in [-0.2, -0.15) is 0 Å². The highest BCUT2D eigenvalue weighted by molar-refractivity contribution is 6.32. The Morgan fingerprint density at radius 1 is 1.30 bits per heavy atom. The molecular formula is C18H21ClN2O2. The Morgan fingerprint density at radius 3 is 2.65 bits per heavy atom. The summed E-state index contributed by atoms with van der Waals surface area (Å²) in [4.78, 5) is 6.59. The summed E-state index contributed by atoms with van der Waals surface area (Å²) in [5, 5.41) is 11.3. The Hall–Kier alpha value is -1.62. The summed E-state index contributed by atoms with van der Waals surface area (Å²) < 4.78 is 5.15. The molecule has 0 amide bonds. The van der Waals surface area contributed by atoms with Gasteiger partial charge in [-0.1, -0.05) is 23.7 Å². The van der Waals surface area contributed by atoms with E-state index in [-0.39, 0.29) is 6.04 Å². The quantitative estimate of drug-likeness (QED) is 0.929. The van der Waals surface area contributed by atoms with E-state index >= 15 is 0 Å². The fourth-order valence-corrected chi connectivity index (χ4v) is 3.50. The molecule has 1 aliphatic rings. The van der Waals surface area contributed by atoms with Crippen LogP contribution >= 0.6 is 11.6 Å². The second-order valence-corrected chi connectivity index (χ2v) is 6.32. The molecular weight excluding hydrogens is 312 g/mol. The standard InChI is InChI=1S/C18H21ClN2O2/c1-21-9-3-4-16(21)14-10-20-11-15(17(14)19)18(22)12-5-7-13(23-2)8-6-12/h5-8,10-11,16,18,22H,3-4,9H2,1-2H3/t16-,18?/m0/s1. The second-order valence-electron chi connectivity index (χ2n) is 5.95. The molecule has 3 rings (SSSR count). The van der Waals surface area contributed by atoms with Gasteiger partial charge < -0.3 is 9.84 Å². The first-order valence-electron chi connectivity index (χ1n) is 7.77. The molecule has 1 aromatic heterocycles. The van der Waals surface area contributed by atoms with Gasteiger partial charge in [-0.15, -0.1) is 0 Å². The third-order valence-corrected chi connectivity index (χ3v) is 4.98. The summed E-state index contributed by atoms with van der Waals surface area (Å²) in [6, 6.07) is 7.61. The van der Waals surface area contributed by atoms with Crippen LogP contribution in [0.5, 0.6) is 5.75 Å². The molecule has 2 heterocycles. The summed E-state index contributed by atoms with van der Waals surface area (Å²) in [7, 11) is 3.72. The average Bonchev–Trinajstić information content (AvgIpc) is 3.00. The van der Waals surface area contributed by atoms with Crippen molar-refractivity contribution < 1.29 is 9.84 Å². The zero-order valence-corrected chi connectivity index (χ0v) is 14.1. The van der Waals surface area contributed by atoms with E-state index < -0.39 is 6.10 Å². The van der Waals surface area contributed by atoms with E-state index in [0.717, 1.165) is 36.3 Å². The van der Waals surface area contributed by atoms with E-state index in [2.05, 4.69) is 16.9 Å². The van der Waals surface area contributed by atoms with Crippen LogP contribution in [-0.4, -0.2) is 35.7 Å². The van der Waals surface area contributed by atoms with Crippen LogP contribution in [0, 0.1) is 0 Å². The monoisotopic (exact) mass is 332 g/mol. The van der Waals surface area contributed by atoms with Gasteiger partial charge in [0.1, 0.15) is 11.9 Å². The molecule has 23 heavy (non-hydrogen) atoms. The summed E-state index contributed by atoms with van der Waals surface area (Å²) in [6.07, 6.45) is 4.89. The molecule has 0 saturated carbocycles. The normalized spacial score (nSPS) is 19.7. The van der Waals surface area contributed by atoms with Crippen molar-refractivity contribution in [1.82, 2.24) is 9.88 Å². The number of hydrogen-bond acceptors (Lipinski definition) is 4. The number of nitrogens with zero attached hydrogens (tertiary/aromatic N) is 2. The lowest BCUT2D eigenvalue weighted by Gasteiger charge is -2.23. The largest absolute Gasteiger partial charge is 0.497 e. The Kier molecular flexibility index (Phi) is 4.85. The van der Waals surface area contributed by atoms with Crippen LogP contribution < -0.4 is 4.74 Å². The Bertz CT molecular complexity index is 675. The van der Waals surface area contributed by atoms with Crippen LogP contribution in [0.2, 0.25) is 5.02 Å². The molecule has 1 fully saturated rings. The molecule has 4 nitrogen and oxygen atoms in total. The number of benzene rings is 1. The summed E-state index contributed by atoms with van der Waals surface area (Å²) in [5.74, 6) is 0.756. The van der Waals surface area contributed by atoms with Crippen molar-refractivity contribution in [3.8, 4) is 5.75 Å². The van der Waals surface area contributed by atoms with Gasteiger partial charge >= 0.3 is 0 Å². The minimum atomic E-state index is -0.799. The van der Waals surface area contributed by atoms with Crippen LogP contribution in [0.3, 0.4) is 0 Å². The summed E-state index contributed by atoms with van der Waals surface area (Å²) in [6.45, 7) is 1.06. The molecule has 2 atom stereocenters. The predicted molar refractivity (Wildman–Crippen MR) is 90.9 cm³/mol. The first-order valence-corrected chi connectivity index (χ1v) is 8.15. The zero-order chi connectivity index (χ0) is 16.4. The van der Waals surface area contributed by atoms with E-state index in [0.29, 0.717) is 10.6 Å². The third kappa shape index (κ3) is 3.20. The lowest BCUT2D eigenvalue weighted by Crippen LogP contribution is -2.18. The Balaban J connectivity index is 1.92. The van der Waals surface area contributed by atoms with Gasteiger partial charge in [0.05, 0.1) is 12.1 Å². The molecule has 1 N–H and O–H groups in total. The van der Waals surface area contributed by atoms with Crippen LogP contribution in [0.15, 0.2) is 36.7 Å². The molecule has 0 bridgehead atoms. The number of pyridine rings is 1. The number of halogens is 1. The van der Waals surface area contributed by atoms with Crippen molar-refractivity contribution in [2.75, 3.05) is 20.7 Å². The zero-order valence-electron chi connectivity index (χ0n) is 13.4. The molecule has 0 radical (unpaired) electrons. The number of aliphatic hydroxyl groups excluding tert-OH is 1. The number of hydrogen-bond donors (Lipinski definition) is 1. The number of rotatable bonds is 4. The van der Waals surface area contributed by atoms with Crippen molar-refractivity contribution in [3.63, 3.8) is 0 Å². The van der Waals surface area contributed by atoms with E-state index in [4.69, 9.17) is 16.3 Å². The molecule has 1 unspecified atom stereocenters. The van der Waals surface area contributed by atoms with Gasteiger partial charge in [0, 0.05) is 29.6 Å². The molecule has 122 valence electrons. The Morgan fingerprint density at radius 2 is 2.04 bits per heavy atom. The fourth-order valence-electron chi connectivity index (χ4n) is 3.17. The van der Waals surface area contributed by atoms with Gasteiger partial charge in [-0.05, 0) is 44.1 Å². The van der Waals surface area contributed by atoms with E-state index in [9.17, 15) is 5.11 Å². The number of aromatic nitrogens is 1. The smallest absolute Gasteiger partial charge is 0.118 e. The molecule has 0 aliphatic carbocycles. The molecule has 5 heteroatoms. The SMILES string of the molecule is COc1ccc(C(O)c2cncc([C@@H]3CCCN3C)c2Cl)cc1. The lowest BCUT2D eigenvalue weighted by molar-refractivity contribution is 0.219. The van der Waals surface area contributed by atoms with Crippen molar-refractivity contribution in [2.45, 2.75) is 25.0 Å². The molecule has 1 aromatic carbocycles. The van der Waals surface area contributed by atoms with E-state index in [1.54, 1.807) is 13.3 Å². The number of likely N-dealkylation sites (tertiary alicyclic amines) is 1. The molecule has 2 aromatic rings. The molecule has 1 aliphatic heterocycles. The highest BCUT2D eigenvalue weighted by atomic mass is 35.5. The maximum atomic E-state index is 10.7. The highest BCUT2D eigenvalue weighted by Gasteiger charge is 2.27. The summed E-state index contributed by atoms with van der Waals surface area (Å²) in [5.41, 5.74) is 2.41. The maximum Gasteiger partial charge on any atom is 0.118 e. The van der Waals surface area contributed by atoms with Crippen LogP contribution in [-0.2, 0) is 0 Å².